The zero-order chi connectivity index (χ0) is 22.6. The fraction of sp³-hybridized carbons (Fsp3) is 0.200. The van der Waals surface area contributed by atoms with Crippen LogP contribution in [0.3, 0.4) is 0 Å². The summed E-state index contributed by atoms with van der Waals surface area (Å²) >= 11 is 0. The predicted molar refractivity (Wildman–Crippen MR) is 124 cm³/mol. The highest BCUT2D eigenvalue weighted by Gasteiger charge is 2.21. The molecule has 4 rings (SSSR count). The zero-order valence-corrected chi connectivity index (χ0v) is 18.9. The molecule has 0 saturated heterocycles. The molecule has 0 spiro atoms. The number of oxazole rings is 1. The Morgan fingerprint density at radius 3 is 2.34 bits per heavy atom. The lowest BCUT2D eigenvalue weighted by atomic mass is 10.1. The first-order chi connectivity index (χ1) is 15.4. The summed E-state index contributed by atoms with van der Waals surface area (Å²) in [6, 6.07) is 20.6. The molecule has 32 heavy (non-hydrogen) atoms. The van der Waals surface area contributed by atoms with Crippen molar-refractivity contribution in [2.24, 2.45) is 0 Å². The molecular weight excluding hydrogens is 422 g/mol. The molecule has 0 aliphatic carbocycles. The number of aromatic nitrogens is 2. The Morgan fingerprint density at radius 2 is 1.66 bits per heavy atom. The first-order valence-corrected chi connectivity index (χ1v) is 12.0. The van der Waals surface area contributed by atoms with E-state index < -0.39 is 9.84 Å². The number of rotatable bonds is 8. The van der Waals surface area contributed by atoms with Gasteiger partial charge in [0, 0.05) is 24.8 Å². The van der Waals surface area contributed by atoms with Crippen LogP contribution in [-0.2, 0) is 28.7 Å². The van der Waals surface area contributed by atoms with Crippen LogP contribution in [0.5, 0.6) is 0 Å². The summed E-state index contributed by atoms with van der Waals surface area (Å²) in [5.41, 5.74) is 4.36. The van der Waals surface area contributed by atoms with Crippen LogP contribution in [0.15, 0.2) is 82.2 Å². The van der Waals surface area contributed by atoms with Gasteiger partial charge in [0.25, 0.3) is 0 Å². The zero-order valence-electron chi connectivity index (χ0n) is 18.1. The molecule has 4 aromatic rings. The normalized spacial score (nSPS) is 11.6. The van der Waals surface area contributed by atoms with Crippen molar-refractivity contribution in [3.05, 3.63) is 101 Å². The molecule has 0 aliphatic heterocycles. The monoisotopic (exact) mass is 447 g/mol. The van der Waals surface area contributed by atoms with Crippen LogP contribution in [0.2, 0.25) is 0 Å². The van der Waals surface area contributed by atoms with Gasteiger partial charge in [0.2, 0.25) is 5.89 Å². The van der Waals surface area contributed by atoms with Crippen molar-refractivity contribution in [1.29, 1.82) is 0 Å². The molecule has 2 aromatic heterocycles. The van der Waals surface area contributed by atoms with Crippen molar-refractivity contribution in [1.82, 2.24) is 15.3 Å². The van der Waals surface area contributed by atoms with Gasteiger partial charge >= 0.3 is 0 Å². The van der Waals surface area contributed by atoms with E-state index in [1.807, 2.05) is 49.4 Å². The van der Waals surface area contributed by atoms with Crippen molar-refractivity contribution >= 4 is 9.84 Å². The summed E-state index contributed by atoms with van der Waals surface area (Å²) in [7, 11) is -3.50. The topological polar surface area (TPSA) is 85.1 Å². The van der Waals surface area contributed by atoms with Gasteiger partial charge in [0.1, 0.15) is 11.5 Å². The number of hydrogen-bond donors (Lipinski definition) is 1. The number of sulfone groups is 1. The van der Waals surface area contributed by atoms with E-state index in [-0.39, 0.29) is 10.6 Å². The molecule has 7 heteroatoms. The number of pyridine rings is 1. The van der Waals surface area contributed by atoms with Gasteiger partial charge in [-0.05, 0) is 55.8 Å². The van der Waals surface area contributed by atoms with Crippen molar-refractivity contribution < 1.29 is 12.8 Å². The molecule has 0 bridgehead atoms. The number of hydrogen-bond acceptors (Lipinski definition) is 6. The van der Waals surface area contributed by atoms with E-state index in [0.29, 0.717) is 30.4 Å². The van der Waals surface area contributed by atoms with Gasteiger partial charge in [-0.3, -0.25) is 4.98 Å². The van der Waals surface area contributed by atoms with Gasteiger partial charge in [0.05, 0.1) is 16.3 Å². The highest BCUT2D eigenvalue weighted by atomic mass is 32.2. The summed E-state index contributed by atoms with van der Waals surface area (Å²) < 4.78 is 31.3. The van der Waals surface area contributed by atoms with Crippen LogP contribution in [0.4, 0.5) is 0 Å². The smallest absolute Gasteiger partial charge is 0.226 e. The molecule has 0 unspecified atom stereocenters. The Hall–Kier alpha value is -3.29. The lowest BCUT2D eigenvalue weighted by molar-refractivity contribution is 0.539. The molecular formula is C25H25N3O3S. The number of aryl methyl sites for hydroxylation is 2. The number of nitrogens with one attached hydrogen (secondary N) is 1. The molecule has 0 radical (unpaired) electrons. The highest BCUT2D eigenvalue weighted by molar-refractivity contribution is 7.90. The fourth-order valence-corrected chi connectivity index (χ4v) is 4.64. The molecule has 0 aliphatic rings. The minimum absolute atomic E-state index is 0.194. The maximum Gasteiger partial charge on any atom is 0.226 e. The molecule has 1 N–H and O–H groups in total. The first-order valence-electron chi connectivity index (χ1n) is 10.4. The lowest BCUT2D eigenvalue weighted by Gasteiger charge is -2.05. The number of benzene rings is 2. The van der Waals surface area contributed by atoms with Crippen LogP contribution in [0, 0.1) is 13.8 Å². The first kappa shape index (κ1) is 21.9. The van der Waals surface area contributed by atoms with E-state index in [0.717, 1.165) is 22.4 Å². The molecule has 6 nitrogen and oxygen atoms in total. The van der Waals surface area contributed by atoms with Crippen LogP contribution in [0.25, 0.3) is 11.5 Å². The van der Waals surface area contributed by atoms with E-state index in [4.69, 9.17) is 4.42 Å². The van der Waals surface area contributed by atoms with E-state index in [1.54, 1.807) is 37.4 Å². The largest absolute Gasteiger partial charge is 0.441 e. The Morgan fingerprint density at radius 1 is 0.906 bits per heavy atom. The average molecular weight is 448 g/mol. The average Bonchev–Trinajstić information content (AvgIpc) is 3.15. The van der Waals surface area contributed by atoms with Gasteiger partial charge < -0.3 is 9.73 Å². The van der Waals surface area contributed by atoms with Crippen molar-refractivity contribution in [3.8, 4) is 11.5 Å². The summed E-state index contributed by atoms with van der Waals surface area (Å²) in [5, 5.41) is 3.37. The minimum Gasteiger partial charge on any atom is -0.441 e. The van der Waals surface area contributed by atoms with Crippen molar-refractivity contribution in [2.75, 3.05) is 0 Å². The second-order valence-electron chi connectivity index (χ2n) is 7.72. The van der Waals surface area contributed by atoms with Crippen molar-refractivity contribution in [2.45, 2.75) is 37.6 Å². The maximum absolute atomic E-state index is 12.8. The summed E-state index contributed by atoms with van der Waals surface area (Å²) in [6.45, 7) is 5.07. The third-order valence-corrected chi connectivity index (χ3v) is 6.81. The Balaban J connectivity index is 1.42. The summed E-state index contributed by atoms with van der Waals surface area (Å²) in [5.74, 6) is 0.738. The second-order valence-corrected chi connectivity index (χ2v) is 9.71. The Kier molecular flexibility index (Phi) is 6.48. The molecule has 164 valence electrons. The molecule has 0 amide bonds. The molecule has 0 fully saturated rings. The molecule has 0 saturated carbocycles. The molecule has 0 atom stereocenters. The van der Waals surface area contributed by atoms with Gasteiger partial charge in [-0.25, -0.2) is 13.4 Å². The van der Waals surface area contributed by atoms with Gasteiger partial charge in [-0.2, -0.15) is 0 Å². The van der Waals surface area contributed by atoms with Crippen LogP contribution in [0.1, 0.15) is 28.3 Å². The van der Waals surface area contributed by atoms with Crippen LogP contribution in [-0.4, -0.2) is 18.4 Å². The predicted octanol–water partition coefficient (Wildman–Crippen LogP) is 4.62. The van der Waals surface area contributed by atoms with Gasteiger partial charge in [-0.15, -0.1) is 0 Å². The fourth-order valence-electron chi connectivity index (χ4n) is 3.30. The second kappa shape index (κ2) is 9.46. The Bertz CT molecular complexity index is 1280. The standard InChI is InChI=1S/C25H25N3O3S/c1-18-6-12-23(13-7-18)32(29,30)17-24-19(2)31-25(28-24)21-10-8-20(9-11-21)15-26-16-22-5-3-4-14-27-22/h3-14,26H,15-17H2,1-2H3. The number of nitrogens with zero attached hydrogens (tertiary/aromatic N) is 2. The highest BCUT2D eigenvalue weighted by Crippen LogP contribution is 2.25. The van der Waals surface area contributed by atoms with Gasteiger partial charge in [0.15, 0.2) is 9.84 Å². The van der Waals surface area contributed by atoms with E-state index >= 15 is 0 Å². The Labute approximate surface area is 188 Å². The maximum atomic E-state index is 12.8. The van der Waals surface area contributed by atoms with Crippen LogP contribution < -0.4 is 5.32 Å². The van der Waals surface area contributed by atoms with Gasteiger partial charge in [-0.1, -0.05) is 35.9 Å². The van der Waals surface area contributed by atoms with Crippen LogP contribution >= 0.6 is 0 Å². The van der Waals surface area contributed by atoms with Crippen molar-refractivity contribution in [3.63, 3.8) is 0 Å². The minimum atomic E-state index is -3.50. The molecule has 2 aromatic carbocycles. The molecule has 2 heterocycles. The SMILES string of the molecule is Cc1ccc(S(=O)(=O)Cc2nc(-c3ccc(CNCc4ccccn4)cc3)oc2C)cc1. The van der Waals surface area contributed by atoms with E-state index in [2.05, 4.69) is 15.3 Å². The third kappa shape index (κ3) is 5.30. The lowest BCUT2D eigenvalue weighted by Crippen LogP contribution is -2.13. The quantitative estimate of drug-likeness (QED) is 0.424. The summed E-state index contributed by atoms with van der Waals surface area (Å²) in [6.07, 6.45) is 1.78. The summed E-state index contributed by atoms with van der Waals surface area (Å²) in [4.78, 5) is 9.05. The van der Waals surface area contributed by atoms with E-state index in [1.165, 1.54) is 0 Å². The third-order valence-electron chi connectivity index (χ3n) is 5.16. The van der Waals surface area contributed by atoms with E-state index in [9.17, 15) is 8.42 Å².